The Morgan fingerprint density at radius 2 is 1.65 bits per heavy atom. The van der Waals surface area contributed by atoms with Crippen LogP contribution in [0.15, 0.2) is 53.6 Å². The van der Waals surface area contributed by atoms with E-state index in [9.17, 15) is 10.5 Å². The van der Waals surface area contributed by atoms with Crippen LogP contribution in [0.1, 0.15) is 16.7 Å². The van der Waals surface area contributed by atoms with Gasteiger partial charge < -0.3 is 14.6 Å². The molecule has 0 aliphatic carbocycles. The fourth-order valence-corrected chi connectivity index (χ4v) is 4.10. The molecule has 6 nitrogen and oxygen atoms in total. The number of methoxy groups -OCH3 is 1. The first-order valence-electron chi connectivity index (χ1n) is 9.24. The molecule has 0 spiro atoms. The van der Waals surface area contributed by atoms with Crippen LogP contribution in [-0.4, -0.2) is 30.4 Å². The SMILES string of the molecule is COc1ccc(CSc2nc(Cl)c(C#N)c(-c3ccc(OCCO)cc3)c2C#N)cc1. The van der Waals surface area contributed by atoms with Gasteiger partial charge in [-0.15, -0.1) is 11.8 Å². The number of thioether (sulfide) groups is 1. The molecule has 1 heterocycles. The molecule has 3 rings (SSSR count). The lowest BCUT2D eigenvalue weighted by Crippen LogP contribution is -2.02. The van der Waals surface area contributed by atoms with E-state index in [4.69, 9.17) is 26.2 Å². The highest BCUT2D eigenvalue weighted by Crippen LogP contribution is 2.37. The summed E-state index contributed by atoms with van der Waals surface area (Å²) >= 11 is 7.68. The van der Waals surface area contributed by atoms with E-state index < -0.39 is 0 Å². The number of nitrogens with zero attached hydrogens (tertiary/aromatic N) is 3. The van der Waals surface area contributed by atoms with Gasteiger partial charge >= 0.3 is 0 Å². The summed E-state index contributed by atoms with van der Waals surface area (Å²) in [5.74, 6) is 1.91. The second-order valence-corrected chi connectivity index (χ2v) is 7.61. The van der Waals surface area contributed by atoms with Crippen molar-refractivity contribution >= 4 is 23.4 Å². The molecule has 0 aliphatic rings. The number of rotatable bonds is 8. The summed E-state index contributed by atoms with van der Waals surface area (Å²) < 4.78 is 10.6. The molecular weight excluding hydrogens is 434 g/mol. The first kappa shape index (κ1) is 22.5. The van der Waals surface area contributed by atoms with E-state index in [1.165, 1.54) is 11.8 Å². The van der Waals surface area contributed by atoms with Crippen LogP contribution in [0, 0.1) is 22.7 Å². The van der Waals surface area contributed by atoms with Crippen LogP contribution in [0.2, 0.25) is 5.15 Å². The summed E-state index contributed by atoms with van der Waals surface area (Å²) in [4.78, 5) is 4.31. The van der Waals surface area contributed by atoms with E-state index in [0.717, 1.165) is 11.3 Å². The first-order chi connectivity index (χ1) is 15.1. The first-order valence-corrected chi connectivity index (χ1v) is 10.6. The highest BCUT2D eigenvalue weighted by atomic mass is 35.5. The van der Waals surface area contributed by atoms with Crippen molar-refractivity contribution in [3.05, 3.63) is 70.4 Å². The van der Waals surface area contributed by atoms with Gasteiger partial charge in [0.1, 0.15) is 40.4 Å². The van der Waals surface area contributed by atoms with Crippen molar-refractivity contribution in [1.82, 2.24) is 4.98 Å². The molecular formula is C23H18ClN3O3S. The Morgan fingerprint density at radius 3 is 2.23 bits per heavy atom. The van der Waals surface area contributed by atoms with Crippen LogP contribution in [-0.2, 0) is 5.75 Å². The maximum Gasteiger partial charge on any atom is 0.148 e. The Labute approximate surface area is 189 Å². The van der Waals surface area contributed by atoms with Crippen molar-refractivity contribution in [2.75, 3.05) is 20.3 Å². The van der Waals surface area contributed by atoms with Gasteiger partial charge in [-0.2, -0.15) is 10.5 Å². The van der Waals surface area contributed by atoms with Gasteiger partial charge in [-0.3, -0.25) is 0 Å². The molecule has 156 valence electrons. The summed E-state index contributed by atoms with van der Waals surface area (Å²) in [5.41, 5.74) is 2.57. The van der Waals surface area contributed by atoms with Gasteiger partial charge in [0.25, 0.3) is 0 Å². The number of ether oxygens (including phenoxy) is 2. The Morgan fingerprint density at radius 1 is 1.00 bits per heavy atom. The number of aliphatic hydroxyl groups is 1. The van der Waals surface area contributed by atoms with Crippen molar-refractivity contribution in [1.29, 1.82) is 10.5 Å². The number of nitriles is 2. The highest BCUT2D eigenvalue weighted by Gasteiger charge is 2.21. The third-order valence-corrected chi connectivity index (χ3v) is 5.70. The Hall–Kier alpha value is -3.23. The second-order valence-electron chi connectivity index (χ2n) is 6.29. The van der Waals surface area contributed by atoms with Crippen molar-refractivity contribution in [2.45, 2.75) is 10.8 Å². The molecule has 0 saturated heterocycles. The third-order valence-electron chi connectivity index (χ3n) is 4.38. The van der Waals surface area contributed by atoms with Crippen molar-refractivity contribution in [3.8, 4) is 34.8 Å². The van der Waals surface area contributed by atoms with Gasteiger partial charge in [-0.05, 0) is 35.4 Å². The smallest absolute Gasteiger partial charge is 0.148 e. The number of aromatic nitrogens is 1. The lowest BCUT2D eigenvalue weighted by molar-refractivity contribution is 0.201. The average Bonchev–Trinajstić information content (AvgIpc) is 2.81. The van der Waals surface area contributed by atoms with Crippen LogP contribution in [0.4, 0.5) is 0 Å². The molecule has 0 radical (unpaired) electrons. The molecule has 1 N–H and O–H groups in total. The summed E-state index contributed by atoms with van der Waals surface area (Å²) in [6.07, 6.45) is 0. The van der Waals surface area contributed by atoms with Gasteiger partial charge in [-0.1, -0.05) is 35.9 Å². The van der Waals surface area contributed by atoms with Crippen molar-refractivity contribution in [2.24, 2.45) is 0 Å². The van der Waals surface area contributed by atoms with Gasteiger partial charge in [0.2, 0.25) is 0 Å². The molecule has 0 amide bonds. The minimum atomic E-state index is -0.0896. The zero-order chi connectivity index (χ0) is 22.2. The molecule has 3 aromatic rings. The van der Waals surface area contributed by atoms with Crippen LogP contribution >= 0.6 is 23.4 Å². The van der Waals surface area contributed by atoms with Gasteiger partial charge in [-0.25, -0.2) is 4.98 Å². The number of hydrogen-bond acceptors (Lipinski definition) is 7. The summed E-state index contributed by atoms with van der Waals surface area (Å²) in [6.45, 7) is 0.0904. The second kappa shape index (κ2) is 10.7. The normalized spacial score (nSPS) is 10.2. The molecule has 2 aromatic carbocycles. The minimum absolute atomic E-state index is 0.0503. The third kappa shape index (κ3) is 5.28. The van der Waals surface area contributed by atoms with E-state index in [2.05, 4.69) is 17.1 Å². The fraction of sp³-hybridized carbons (Fsp3) is 0.174. The number of aliphatic hydroxyl groups excluding tert-OH is 1. The van der Waals surface area contributed by atoms with Crippen LogP contribution in [0.25, 0.3) is 11.1 Å². The molecule has 0 saturated carbocycles. The molecule has 0 atom stereocenters. The summed E-state index contributed by atoms with van der Waals surface area (Å²) in [5, 5.41) is 28.9. The van der Waals surface area contributed by atoms with Crippen molar-refractivity contribution < 1.29 is 14.6 Å². The van der Waals surface area contributed by atoms with Gasteiger partial charge in [0.05, 0.1) is 24.8 Å². The van der Waals surface area contributed by atoms with E-state index in [-0.39, 0.29) is 23.9 Å². The largest absolute Gasteiger partial charge is 0.497 e. The average molecular weight is 452 g/mol. The Balaban J connectivity index is 1.97. The zero-order valence-electron chi connectivity index (χ0n) is 16.6. The summed E-state index contributed by atoms with van der Waals surface area (Å²) in [6, 6.07) is 18.8. The van der Waals surface area contributed by atoms with E-state index in [1.54, 1.807) is 31.4 Å². The van der Waals surface area contributed by atoms with E-state index in [0.29, 0.717) is 33.2 Å². The maximum absolute atomic E-state index is 9.88. The quantitative estimate of drug-likeness (QED) is 0.387. The highest BCUT2D eigenvalue weighted by molar-refractivity contribution is 7.98. The van der Waals surface area contributed by atoms with Gasteiger partial charge in [0, 0.05) is 11.3 Å². The number of hydrogen-bond donors (Lipinski definition) is 1. The minimum Gasteiger partial charge on any atom is -0.497 e. The molecule has 0 unspecified atom stereocenters. The molecule has 1 aromatic heterocycles. The molecule has 8 heteroatoms. The predicted molar refractivity (Wildman–Crippen MR) is 119 cm³/mol. The predicted octanol–water partition coefficient (Wildman–Crippen LogP) is 4.82. The number of benzene rings is 2. The van der Waals surface area contributed by atoms with Crippen LogP contribution < -0.4 is 9.47 Å². The van der Waals surface area contributed by atoms with Crippen molar-refractivity contribution in [3.63, 3.8) is 0 Å². The lowest BCUT2D eigenvalue weighted by atomic mass is 9.97. The maximum atomic E-state index is 9.88. The Kier molecular flexibility index (Phi) is 7.75. The summed E-state index contributed by atoms with van der Waals surface area (Å²) in [7, 11) is 1.61. The number of pyridine rings is 1. The van der Waals surface area contributed by atoms with E-state index in [1.807, 2.05) is 24.3 Å². The lowest BCUT2D eigenvalue weighted by Gasteiger charge is -2.13. The van der Waals surface area contributed by atoms with Gasteiger partial charge in [0.15, 0.2) is 0 Å². The Bertz CT molecular complexity index is 1140. The standard InChI is InChI=1S/C23H18ClN3O3S/c1-29-17-6-2-15(3-7-17)14-31-23-20(13-26)21(19(12-25)22(24)27-23)16-4-8-18(9-5-16)30-11-10-28/h2-9,28H,10-11,14H2,1H3. The molecule has 0 bridgehead atoms. The van der Waals surface area contributed by atoms with E-state index >= 15 is 0 Å². The zero-order valence-corrected chi connectivity index (χ0v) is 18.2. The number of halogens is 1. The van der Waals surface area contributed by atoms with Crippen LogP contribution in [0.3, 0.4) is 0 Å². The molecule has 0 aliphatic heterocycles. The monoisotopic (exact) mass is 451 g/mol. The molecule has 0 fully saturated rings. The topological polar surface area (TPSA) is 99.2 Å². The molecule has 31 heavy (non-hydrogen) atoms. The fourth-order valence-electron chi connectivity index (χ4n) is 2.89. The van der Waals surface area contributed by atoms with Crippen LogP contribution in [0.5, 0.6) is 11.5 Å².